The number of nitrogens with zero attached hydrogens (tertiary/aromatic N) is 1. The predicted molar refractivity (Wildman–Crippen MR) is 82.3 cm³/mol. The van der Waals surface area contributed by atoms with Crippen LogP contribution in [-0.2, 0) is 0 Å². The molecular weight excluding hydrogens is 326 g/mol. The van der Waals surface area contributed by atoms with Crippen LogP contribution >= 0.6 is 27.5 Å². The zero-order chi connectivity index (χ0) is 13.4. The van der Waals surface area contributed by atoms with Crippen molar-refractivity contribution in [3.8, 4) is 5.69 Å². The molecule has 0 fully saturated rings. The van der Waals surface area contributed by atoms with E-state index >= 15 is 0 Å². The molecule has 1 aromatic heterocycles. The van der Waals surface area contributed by atoms with Crippen LogP contribution < -0.4 is 5.56 Å². The van der Waals surface area contributed by atoms with Crippen molar-refractivity contribution >= 4 is 38.4 Å². The summed E-state index contributed by atoms with van der Waals surface area (Å²) >= 11 is 9.42. The van der Waals surface area contributed by atoms with Gasteiger partial charge >= 0.3 is 0 Å². The first-order valence-electron chi connectivity index (χ1n) is 5.72. The van der Waals surface area contributed by atoms with Crippen LogP contribution in [0, 0.1) is 0 Å². The number of rotatable bonds is 1. The maximum absolute atomic E-state index is 12.1. The van der Waals surface area contributed by atoms with Gasteiger partial charge in [0.1, 0.15) is 0 Å². The Balaban J connectivity index is 2.38. The van der Waals surface area contributed by atoms with Crippen molar-refractivity contribution in [2.45, 2.75) is 0 Å². The number of fused-ring (bicyclic) bond motifs is 1. The minimum atomic E-state index is -0.0721. The summed E-state index contributed by atoms with van der Waals surface area (Å²) in [7, 11) is 0. The summed E-state index contributed by atoms with van der Waals surface area (Å²) in [6.45, 7) is 0. The van der Waals surface area contributed by atoms with Crippen LogP contribution in [0.15, 0.2) is 63.9 Å². The predicted octanol–water partition coefficient (Wildman–Crippen LogP) is 4.41. The first kappa shape index (κ1) is 12.5. The molecule has 0 saturated heterocycles. The third kappa shape index (κ3) is 2.31. The SMILES string of the molecule is O=c1ccc2ccc(Cl)cc2n1-c1ccc(Br)cc1. The van der Waals surface area contributed by atoms with Crippen molar-refractivity contribution in [1.29, 1.82) is 0 Å². The van der Waals surface area contributed by atoms with Gasteiger partial charge in [-0.05, 0) is 47.9 Å². The second-order valence-corrected chi connectivity index (χ2v) is 5.54. The van der Waals surface area contributed by atoms with Gasteiger partial charge in [0.15, 0.2) is 0 Å². The van der Waals surface area contributed by atoms with Gasteiger partial charge in [-0.3, -0.25) is 9.36 Å². The Kier molecular flexibility index (Phi) is 3.17. The third-order valence-corrected chi connectivity index (χ3v) is 3.71. The van der Waals surface area contributed by atoms with Gasteiger partial charge in [-0.2, -0.15) is 0 Å². The molecule has 0 saturated carbocycles. The maximum atomic E-state index is 12.1. The number of pyridine rings is 1. The minimum absolute atomic E-state index is 0.0721. The molecule has 0 aliphatic rings. The number of benzene rings is 2. The first-order chi connectivity index (χ1) is 9.15. The molecule has 0 atom stereocenters. The van der Waals surface area contributed by atoms with Gasteiger partial charge in [-0.25, -0.2) is 0 Å². The van der Waals surface area contributed by atoms with Crippen LogP contribution in [0.2, 0.25) is 5.02 Å². The monoisotopic (exact) mass is 333 g/mol. The molecule has 4 heteroatoms. The molecule has 0 spiro atoms. The highest BCUT2D eigenvalue weighted by Gasteiger charge is 2.05. The Morgan fingerprint density at radius 1 is 0.947 bits per heavy atom. The summed E-state index contributed by atoms with van der Waals surface area (Å²) in [6.07, 6.45) is 0. The molecule has 2 nitrogen and oxygen atoms in total. The Hall–Kier alpha value is -1.58. The summed E-state index contributed by atoms with van der Waals surface area (Å²) in [4.78, 5) is 12.1. The molecule has 19 heavy (non-hydrogen) atoms. The third-order valence-electron chi connectivity index (χ3n) is 2.94. The Labute approximate surface area is 123 Å². The van der Waals surface area contributed by atoms with E-state index in [9.17, 15) is 4.79 Å². The summed E-state index contributed by atoms with van der Waals surface area (Å²) in [6, 6.07) is 16.5. The number of halogens is 2. The van der Waals surface area contributed by atoms with Crippen LogP contribution in [-0.4, -0.2) is 4.57 Å². The lowest BCUT2D eigenvalue weighted by Crippen LogP contribution is -2.17. The normalized spacial score (nSPS) is 10.8. The molecule has 0 aliphatic carbocycles. The van der Waals surface area contributed by atoms with Crippen molar-refractivity contribution in [3.05, 3.63) is 74.4 Å². The van der Waals surface area contributed by atoms with Gasteiger partial charge in [0.25, 0.3) is 5.56 Å². The average molecular weight is 335 g/mol. The van der Waals surface area contributed by atoms with Crippen molar-refractivity contribution in [3.63, 3.8) is 0 Å². The summed E-state index contributed by atoms with van der Waals surface area (Å²) in [5, 5.41) is 1.59. The van der Waals surface area contributed by atoms with Gasteiger partial charge in [-0.15, -0.1) is 0 Å². The minimum Gasteiger partial charge on any atom is -0.277 e. The van der Waals surface area contributed by atoms with Crippen LogP contribution in [0.25, 0.3) is 16.6 Å². The highest BCUT2D eigenvalue weighted by molar-refractivity contribution is 9.10. The standard InChI is InChI=1S/C15H9BrClNO/c16-11-3-6-13(7-4-11)18-14-9-12(17)5-1-10(14)2-8-15(18)19/h1-9H. The second-order valence-electron chi connectivity index (χ2n) is 4.19. The lowest BCUT2D eigenvalue weighted by molar-refractivity contribution is 1.04. The Morgan fingerprint density at radius 3 is 2.37 bits per heavy atom. The van der Waals surface area contributed by atoms with E-state index in [1.54, 1.807) is 16.7 Å². The van der Waals surface area contributed by atoms with Crippen molar-refractivity contribution in [2.24, 2.45) is 0 Å². The smallest absolute Gasteiger partial charge is 0.255 e. The molecule has 3 aromatic rings. The van der Waals surface area contributed by atoms with E-state index in [1.165, 1.54) is 0 Å². The molecule has 3 rings (SSSR count). The highest BCUT2D eigenvalue weighted by atomic mass is 79.9. The van der Waals surface area contributed by atoms with E-state index in [4.69, 9.17) is 11.6 Å². The van der Waals surface area contributed by atoms with Crippen LogP contribution in [0.5, 0.6) is 0 Å². The van der Waals surface area contributed by atoms with E-state index in [-0.39, 0.29) is 5.56 Å². The quantitative estimate of drug-likeness (QED) is 0.646. The van der Waals surface area contributed by atoms with Crippen molar-refractivity contribution in [1.82, 2.24) is 4.57 Å². The van der Waals surface area contributed by atoms with Crippen LogP contribution in [0.1, 0.15) is 0 Å². The lowest BCUT2D eigenvalue weighted by atomic mass is 10.2. The van der Waals surface area contributed by atoms with Gasteiger partial charge in [0, 0.05) is 21.2 Å². The molecule has 0 radical (unpaired) electrons. The fraction of sp³-hybridized carbons (Fsp3) is 0. The largest absolute Gasteiger partial charge is 0.277 e. The molecule has 1 heterocycles. The fourth-order valence-corrected chi connectivity index (χ4v) is 2.49. The summed E-state index contributed by atoms with van der Waals surface area (Å²) in [5.74, 6) is 0. The molecule has 0 bridgehead atoms. The summed E-state index contributed by atoms with van der Waals surface area (Å²) < 4.78 is 2.63. The van der Waals surface area contributed by atoms with Crippen LogP contribution in [0.3, 0.4) is 0 Å². The Bertz CT molecular complexity index is 808. The van der Waals surface area contributed by atoms with E-state index in [1.807, 2.05) is 42.5 Å². The fourth-order valence-electron chi connectivity index (χ4n) is 2.06. The van der Waals surface area contributed by atoms with Gasteiger partial charge in [0.05, 0.1) is 5.52 Å². The van der Waals surface area contributed by atoms with Crippen LogP contribution in [0.4, 0.5) is 0 Å². The second kappa shape index (κ2) is 4.83. The topological polar surface area (TPSA) is 22.0 Å². The maximum Gasteiger partial charge on any atom is 0.255 e. The molecule has 94 valence electrons. The highest BCUT2D eigenvalue weighted by Crippen LogP contribution is 2.21. The molecular formula is C15H9BrClNO. The average Bonchev–Trinajstić information content (AvgIpc) is 2.40. The molecule has 0 aliphatic heterocycles. The van der Waals surface area contributed by atoms with Crippen molar-refractivity contribution in [2.75, 3.05) is 0 Å². The molecule has 2 aromatic carbocycles. The summed E-state index contributed by atoms with van der Waals surface area (Å²) in [5.41, 5.74) is 1.56. The van der Waals surface area contributed by atoms with Gasteiger partial charge < -0.3 is 0 Å². The molecule has 0 amide bonds. The zero-order valence-electron chi connectivity index (χ0n) is 9.81. The van der Waals surface area contributed by atoms with E-state index in [0.29, 0.717) is 5.02 Å². The first-order valence-corrected chi connectivity index (χ1v) is 6.89. The zero-order valence-corrected chi connectivity index (χ0v) is 12.1. The van der Waals surface area contributed by atoms with Crippen molar-refractivity contribution < 1.29 is 0 Å². The van der Waals surface area contributed by atoms with E-state index < -0.39 is 0 Å². The van der Waals surface area contributed by atoms with E-state index in [2.05, 4.69) is 15.9 Å². The number of hydrogen-bond donors (Lipinski definition) is 0. The van der Waals surface area contributed by atoms with Gasteiger partial charge in [0.2, 0.25) is 0 Å². The number of hydrogen-bond acceptors (Lipinski definition) is 1. The lowest BCUT2D eigenvalue weighted by Gasteiger charge is -2.10. The Morgan fingerprint density at radius 2 is 1.63 bits per heavy atom. The molecule has 0 N–H and O–H groups in total. The molecule has 0 unspecified atom stereocenters. The number of aromatic nitrogens is 1. The van der Waals surface area contributed by atoms with E-state index in [0.717, 1.165) is 21.1 Å². The van der Waals surface area contributed by atoms with Gasteiger partial charge in [-0.1, -0.05) is 33.6 Å².